The van der Waals surface area contributed by atoms with E-state index in [1.54, 1.807) is 7.11 Å². The molecule has 1 fully saturated rings. The van der Waals surface area contributed by atoms with E-state index in [9.17, 15) is 0 Å². The van der Waals surface area contributed by atoms with E-state index >= 15 is 0 Å². The van der Waals surface area contributed by atoms with Crippen molar-refractivity contribution in [1.29, 1.82) is 0 Å². The van der Waals surface area contributed by atoms with Gasteiger partial charge in [0.1, 0.15) is 5.75 Å². The van der Waals surface area contributed by atoms with E-state index in [4.69, 9.17) is 4.74 Å². The Balaban J connectivity index is 1.96. The van der Waals surface area contributed by atoms with Crippen molar-refractivity contribution in [2.24, 2.45) is 11.8 Å². The minimum atomic E-state index is 0.488. The number of hydrogen-bond donors (Lipinski definition) is 1. The van der Waals surface area contributed by atoms with Crippen molar-refractivity contribution in [2.75, 3.05) is 14.2 Å². The van der Waals surface area contributed by atoms with Gasteiger partial charge >= 0.3 is 0 Å². The zero-order valence-electron chi connectivity index (χ0n) is 11.8. The highest BCUT2D eigenvalue weighted by Crippen LogP contribution is 2.47. The van der Waals surface area contributed by atoms with Gasteiger partial charge in [0.2, 0.25) is 0 Å². The molecule has 0 aliphatic heterocycles. The van der Waals surface area contributed by atoms with E-state index in [0.29, 0.717) is 6.04 Å². The summed E-state index contributed by atoms with van der Waals surface area (Å²) in [5.41, 5.74) is 1.40. The maximum absolute atomic E-state index is 5.27. The molecule has 2 heteroatoms. The summed E-state index contributed by atoms with van der Waals surface area (Å²) in [5, 5.41) is 6.00. The lowest BCUT2D eigenvalue weighted by Crippen LogP contribution is -2.18. The Labute approximate surface area is 114 Å². The van der Waals surface area contributed by atoms with Gasteiger partial charge in [0.05, 0.1) is 7.11 Å². The molecule has 0 amide bonds. The Morgan fingerprint density at radius 2 is 1.84 bits per heavy atom. The molecule has 3 rings (SSSR count). The SMILES string of the molecule is CNC(c1ccc2cc(OC)ccc2c1)C1CC1C. The molecule has 2 aromatic carbocycles. The van der Waals surface area contributed by atoms with Crippen molar-refractivity contribution in [3.8, 4) is 5.75 Å². The molecular weight excluding hydrogens is 234 g/mol. The number of fused-ring (bicyclic) bond motifs is 1. The molecule has 100 valence electrons. The monoisotopic (exact) mass is 255 g/mol. The molecule has 1 saturated carbocycles. The van der Waals surface area contributed by atoms with Crippen molar-refractivity contribution in [3.05, 3.63) is 42.0 Å². The second-order valence-electron chi connectivity index (χ2n) is 5.62. The molecule has 19 heavy (non-hydrogen) atoms. The molecule has 2 nitrogen and oxygen atoms in total. The Morgan fingerprint density at radius 3 is 2.47 bits per heavy atom. The van der Waals surface area contributed by atoms with Crippen LogP contribution in [0.25, 0.3) is 10.8 Å². The van der Waals surface area contributed by atoms with Gasteiger partial charge in [0.25, 0.3) is 0 Å². The summed E-state index contributed by atoms with van der Waals surface area (Å²) in [6.07, 6.45) is 1.34. The van der Waals surface area contributed by atoms with Crippen LogP contribution in [0.1, 0.15) is 24.9 Å². The fourth-order valence-electron chi connectivity index (χ4n) is 3.01. The lowest BCUT2D eigenvalue weighted by molar-refractivity contribution is 0.415. The highest BCUT2D eigenvalue weighted by molar-refractivity contribution is 5.84. The van der Waals surface area contributed by atoms with Gasteiger partial charge in [-0.1, -0.05) is 25.1 Å². The minimum absolute atomic E-state index is 0.488. The third-order valence-electron chi connectivity index (χ3n) is 4.34. The number of hydrogen-bond acceptors (Lipinski definition) is 2. The Bertz CT molecular complexity index is 593. The van der Waals surface area contributed by atoms with E-state index in [1.807, 2.05) is 6.07 Å². The van der Waals surface area contributed by atoms with Crippen molar-refractivity contribution < 1.29 is 4.74 Å². The Morgan fingerprint density at radius 1 is 1.16 bits per heavy atom. The quantitative estimate of drug-likeness (QED) is 0.898. The predicted octanol–water partition coefficient (Wildman–Crippen LogP) is 3.76. The molecule has 3 unspecified atom stereocenters. The molecule has 0 heterocycles. The molecule has 0 spiro atoms. The molecule has 0 radical (unpaired) electrons. The normalized spacial score (nSPS) is 23.3. The van der Waals surface area contributed by atoms with Crippen LogP contribution in [0.15, 0.2) is 36.4 Å². The van der Waals surface area contributed by atoms with Gasteiger partial charge in [-0.25, -0.2) is 0 Å². The van der Waals surface area contributed by atoms with Crippen LogP contribution in [0.2, 0.25) is 0 Å². The molecule has 1 aliphatic rings. The molecule has 0 saturated heterocycles. The van der Waals surface area contributed by atoms with Gasteiger partial charge in [-0.05, 0) is 59.8 Å². The highest BCUT2D eigenvalue weighted by atomic mass is 16.5. The van der Waals surface area contributed by atoms with Gasteiger partial charge in [-0.2, -0.15) is 0 Å². The first-order chi connectivity index (χ1) is 9.22. The second kappa shape index (κ2) is 4.86. The van der Waals surface area contributed by atoms with E-state index in [-0.39, 0.29) is 0 Å². The van der Waals surface area contributed by atoms with E-state index in [1.165, 1.54) is 22.8 Å². The zero-order valence-corrected chi connectivity index (χ0v) is 11.8. The minimum Gasteiger partial charge on any atom is -0.497 e. The standard InChI is InChI=1S/C17H21NO/c1-11-8-16(11)17(18-2)14-5-4-13-10-15(19-3)7-6-12(13)9-14/h4-7,9-11,16-18H,8H2,1-3H3. The lowest BCUT2D eigenvalue weighted by Gasteiger charge is -2.17. The third-order valence-corrected chi connectivity index (χ3v) is 4.34. The van der Waals surface area contributed by atoms with Crippen molar-refractivity contribution in [3.63, 3.8) is 0 Å². The number of benzene rings is 2. The Kier molecular flexibility index (Phi) is 3.19. The first-order valence-electron chi connectivity index (χ1n) is 6.98. The summed E-state index contributed by atoms with van der Waals surface area (Å²) in [6.45, 7) is 2.33. The number of ether oxygens (including phenoxy) is 1. The summed E-state index contributed by atoms with van der Waals surface area (Å²) in [4.78, 5) is 0. The number of methoxy groups -OCH3 is 1. The fraction of sp³-hybridized carbons (Fsp3) is 0.412. The van der Waals surface area contributed by atoms with Crippen LogP contribution < -0.4 is 10.1 Å². The molecule has 3 atom stereocenters. The summed E-state index contributed by atoms with van der Waals surface area (Å²) in [6, 6.07) is 13.5. The zero-order chi connectivity index (χ0) is 13.4. The van der Waals surface area contributed by atoms with Gasteiger partial charge in [0, 0.05) is 6.04 Å². The van der Waals surface area contributed by atoms with Crippen molar-refractivity contribution in [1.82, 2.24) is 5.32 Å². The van der Waals surface area contributed by atoms with Crippen LogP contribution >= 0.6 is 0 Å². The third kappa shape index (κ3) is 2.33. The average molecular weight is 255 g/mol. The molecule has 1 N–H and O–H groups in total. The second-order valence-corrected chi connectivity index (χ2v) is 5.62. The van der Waals surface area contributed by atoms with Crippen LogP contribution in [-0.2, 0) is 0 Å². The summed E-state index contributed by atoms with van der Waals surface area (Å²) < 4.78 is 5.27. The van der Waals surface area contributed by atoms with Gasteiger partial charge < -0.3 is 10.1 Å². The fourth-order valence-corrected chi connectivity index (χ4v) is 3.01. The molecule has 2 aromatic rings. The smallest absolute Gasteiger partial charge is 0.119 e. The Hall–Kier alpha value is -1.54. The largest absolute Gasteiger partial charge is 0.497 e. The topological polar surface area (TPSA) is 21.3 Å². The highest BCUT2D eigenvalue weighted by Gasteiger charge is 2.39. The van der Waals surface area contributed by atoms with E-state index < -0.39 is 0 Å². The molecule has 1 aliphatic carbocycles. The summed E-state index contributed by atoms with van der Waals surface area (Å²) in [7, 11) is 3.77. The first kappa shape index (κ1) is 12.5. The van der Waals surface area contributed by atoms with Crippen LogP contribution in [0.4, 0.5) is 0 Å². The number of nitrogens with one attached hydrogen (secondary N) is 1. The van der Waals surface area contributed by atoms with Crippen LogP contribution in [0.3, 0.4) is 0 Å². The maximum Gasteiger partial charge on any atom is 0.119 e. The molecule has 0 bridgehead atoms. The van der Waals surface area contributed by atoms with Gasteiger partial charge in [-0.15, -0.1) is 0 Å². The van der Waals surface area contributed by atoms with Crippen LogP contribution in [0.5, 0.6) is 5.75 Å². The van der Waals surface area contributed by atoms with Crippen molar-refractivity contribution in [2.45, 2.75) is 19.4 Å². The lowest BCUT2D eigenvalue weighted by atomic mass is 9.98. The van der Waals surface area contributed by atoms with Gasteiger partial charge in [-0.3, -0.25) is 0 Å². The maximum atomic E-state index is 5.27. The predicted molar refractivity (Wildman–Crippen MR) is 79.6 cm³/mol. The molecule has 0 aromatic heterocycles. The first-order valence-corrected chi connectivity index (χ1v) is 6.98. The average Bonchev–Trinajstić information content (AvgIpc) is 3.15. The van der Waals surface area contributed by atoms with E-state index in [2.05, 4.69) is 49.6 Å². The van der Waals surface area contributed by atoms with Crippen molar-refractivity contribution >= 4 is 10.8 Å². The van der Waals surface area contributed by atoms with Crippen LogP contribution in [-0.4, -0.2) is 14.2 Å². The summed E-state index contributed by atoms with van der Waals surface area (Å²) in [5.74, 6) is 2.56. The van der Waals surface area contributed by atoms with Gasteiger partial charge in [0.15, 0.2) is 0 Å². The van der Waals surface area contributed by atoms with E-state index in [0.717, 1.165) is 17.6 Å². The summed E-state index contributed by atoms with van der Waals surface area (Å²) >= 11 is 0. The number of rotatable bonds is 4. The molecular formula is C17H21NO. The van der Waals surface area contributed by atoms with Crippen LogP contribution in [0, 0.1) is 11.8 Å².